The lowest BCUT2D eigenvalue weighted by Crippen LogP contribution is -2.25. The first-order valence-corrected chi connectivity index (χ1v) is 7.92. The molecule has 24 heavy (non-hydrogen) atoms. The average Bonchev–Trinajstić information content (AvgIpc) is 3.17. The van der Waals surface area contributed by atoms with E-state index in [0.29, 0.717) is 29.1 Å². The number of hydrogen-bond donors (Lipinski definition) is 2. The lowest BCUT2D eigenvalue weighted by Gasteiger charge is -2.05. The minimum absolute atomic E-state index is 0.142. The number of para-hydroxylation sites is 2. The summed E-state index contributed by atoms with van der Waals surface area (Å²) in [6, 6.07) is 13.6. The summed E-state index contributed by atoms with van der Waals surface area (Å²) in [7, 11) is 0. The lowest BCUT2D eigenvalue weighted by molar-refractivity contribution is 0.0955. The molecule has 4 rings (SSSR count). The van der Waals surface area contributed by atoms with Crippen molar-refractivity contribution in [2.24, 2.45) is 0 Å². The summed E-state index contributed by atoms with van der Waals surface area (Å²) >= 11 is 0. The number of benzene rings is 2. The van der Waals surface area contributed by atoms with Crippen LogP contribution in [-0.2, 0) is 6.42 Å². The fourth-order valence-electron chi connectivity index (χ4n) is 2.98. The van der Waals surface area contributed by atoms with Crippen molar-refractivity contribution in [1.82, 2.24) is 15.3 Å². The molecule has 4 aromatic rings. The molecule has 5 heteroatoms. The van der Waals surface area contributed by atoms with Crippen molar-refractivity contribution in [3.05, 3.63) is 65.7 Å². The summed E-state index contributed by atoms with van der Waals surface area (Å²) in [6.45, 7) is 2.34. The number of nitrogens with one attached hydrogen (secondary N) is 2. The van der Waals surface area contributed by atoms with Gasteiger partial charge in [-0.2, -0.15) is 0 Å². The second-order valence-corrected chi connectivity index (χ2v) is 5.75. The SMILES string of the molecule is Cc1nc2cccc(C(=O)NCCc3c[nH]c4ccccc34)c2o1. The van der Waals surface area contributed by atoms with Gasteiger partial charge in [0.2, 0.25) is 0 Å². The molecule has 0 aliphatic heterocycles. The van der Waals surface area contributed by atoms with Crippen molar-refractivity contribution < 1.29 is 9.21 Å². The smallest absolute Gasteiger partial charge is 0.255 e. The maximum atomic E-state index is 12.5. The van der Waals surface area contributed by atoms with Crippen LogP contribution in [0.4, 0.5) is 0 Å². The molecule has 0 aliphatic rings. The van der Waals surface area contributed by atoms with Gasteiger partial charge in [0.05, 0.1) is 5.56 Å². The van der Waals surface area contributed by atoms with Gasteiger partial charge in [0, 0.05) is 30.6 Å². The molecule has 0 aliphatic carbocycles. The number of carbonyl (C=O) groups excluding carboxylic acids is 1. The van der Waals surface area contributed by atoms with E-state index in [2.05, 4.69) is 21.4 Å². The second kappa shape index (κ2) is 5.85. The summed E-state index contributed by atoms with van der Waals surface area (Å²) in [6.07, 6.45) is 2.76. The number of H-pyrrole nitrogens is 1. The van der Waals surface area contributed by atoms with Crippen LogP contribution in [0.1, 0.15) is 21.8 Å². The average molecular weight is 319 g/mol. The van der Waals surface area contributed by atoms with E-state index in [-0.39, 0.29) is 5.91 Å². The Hall–Kier alpha value is -3.08. The molecular weight excluding hydrogens is 302 g/mol. The molecule has 2 heterocycles. The normalized spacial score (nSPS) is 11.2. The molecule has 0 atom stereocenters. The number of aromatic nitrogens is 2. The van der Waals surface area contributed by atoms with Gasteiger partial charge in [0.25, 0.3) is 5.91 Å². The predicted molar refractivity (Wildman–Crippen MR) is 93.1 cm³/mol. The van der Waals surface area contributed by atoms with E-state index in [1.807, 2.05) is 36.5 Å². The highest BCUT2D eigenvalue weighted by Crippen LogP contribution is 2.20. The number of carbonyl (C=O) groups is 1. The Kier molecular flexibility index (Phi) is 3.54. The van der Waals surface area contributed by atoms with Crippen LogP contribution in [0.15, 0.2) is 53.1 Å². The van der Waals surface area contributed by atoms with Crippen LogP contribution in [0, 0.1) is 6.92 Å². The number of hydrogen-bond acceptors (Lipinski definition) is 3. The molecule has 0 saturated carbocycles. The summed E-state index contributed by atoms with van der Waals surface area (Å²) in [5.41, 5.74) is 4.07. The molecule has 1 amide bonds. The topological polar surface area (TPSA) is 70.9 Å². The summed E-state index contributed by atoms with van der Waals surface area (Å²) < 4.78 is 5.55. The highest BCUT2D eigenvalue weighted by molar-refractivity contribution is 6.04. The number of fused-ring (bicyclic) bond motifs is 2. The number of aromatic amines is 1. The third kappa shape index (κ3) is 2.54. The van der Waals surface area contributed by atoms with Crippen molar-refractivity contribution >= 4 is 27.9 Å². The van der Waals surface area contributed by atoms with E-state index in [1.165, 1.54) is 10.9 Å². The summed E-state index contributed by atoms with van der Waals surface area (Å²) in [5, 5.41) is 4.16. The first kappa shape index (κ1) is 14.5. The fraction of sp³-hybridized carbons (Fsp3) is 0.158. The number of rotatable bonds is 4. The lowest BCUT2D eigenvalue weighted by atomic mass is 10.1. The van der Waals surface area contributed by atoms with E-state index in [0.717, 1.165) is 11.9 Å². The van der Waals surface area contributed by atoms with Gasteiger partial charge in [-0.3, -0.25) is 4.79 Å². The van der Waals surface area contributed by atoms with Crippen LogP contribution >= 0.6 is 0 Å². The largest absolute Gasteiger partial charge is 0.440 e. The third-order valence-corrected chi connectivity index (χ3v) is 4.12. The molecular formula is C19H17N3O2. The highest BCUT2D eigenvalue weighted by atomic mass is 16.3. The minimum atomic E-state index is -0.142. The van der Waals surface area contributed by atoms with Crippen LogP contribution in [0.2, 0.25) is 0 Å². The number of aryl methyl sites for hydroxylation is 1. The van der Waals surface area contributed by atoms with Gasteiger partial charge >= 0.3 is 0 Å². The Labute approximate surface area is 138 Å². The second-order valence-electron chi connectivity index (χ2n) is 5.75. The van der Waals surface area contributed by atoms with E-state index in [1.54, 1.807) is 13.0 Å². The van der Waals surface area contributed by atoms with Gasteiger partial charge in [-0.1, -0.05) is 24.3 Å². The molecule has 5 nitrogen and oxygen atoms in total. The standard InChI is InChI=1S/C19H17N3O2/c1-12-22-17-8-4-6-15(18(17)24-12)19(23)20-10-9-13-11-21-16-7-3-2-5-14(13)16/h2-8,11,21H,9-10H2,1H3,(H,20,23). The first-order chi connectivity index (χ1) is 11.7. The molecule has 0 spiro atoms. The maximum Gasteiger partial charge on any atom is 0.255 e. The quantitative estimate of drug-likeness (QED) is 0.604. The molecule has 0 fully saturated rings. The number of nitrogens with zero attached hydrogens (tertiary/aromatic N) is 1. The molecule has 0 unspecified atom stereocenters. The van der Waals surface area contributed by atoms with Crippen molar-refractivity contribution in [3.8, 4) is 0 Å². The predicted octanol–water partition coefficient (Wildman–Crippen LogP) is 3.59. The van der Waals surface area contributed by atoms with Crippen LogP contribution < -0.4 is 5.32 Å². The van der Waals surface area contributed by atoms with Crippen LogP contribution in [0.5, 0.6) is 0 Å². The molecule has 0 radical (unpaired) electrons. The zero-order valence-electron chi connectivity index (χ0n) is 13.3. The zero-order valence-corrected chi connectivity index (χ0v) is 13.3. The van der Waals surface area contributed by atoms with Crippen molar-refractivity contribution in [2.45, 2.75) is 13.3 Å². The van der Waals surface area contributed by atoms with Gasteiger partial charge < -0.3 is 14.7 Å². The molecule has 120 valence electrons. The van der Waals surface area contributed by atoms with Gasteiger partial charge in [-0.15, -0.1) is 0 Å². The van der Waals surface area contributed by atoms with E-state index in [9.17, 15) is 4.79 Å². The molecule has 2 N–H and O–H groups in total. The fourth-order valence-corrected chi connectivity index (χ4v) is 2.98. The van der Waals surface area contributed by atoms with Crippen LogP contribution in [-0.4, -0.2) is 22.4 Å². The zero-order chi connectivity index (χ0) is 16.5. The Bertz CT molecular complexity index is 1030. The Morgan fingerprint density at radius 2 is 2.08 bits per heavy atom. The monoisotopic (exact) mass is 319 g/mol. The summed E-state index contributed by atoms with van der Waals surface area (Å²) in [5.74, 6) is 0.417. The first-order valence-electron chi connectivity index (χ1n) is 7.92. The Balaban J connectivity index is 1.48. The highest BCUT2D eigenvalue weighted by Gasteiger charge is 2.14. The van der Waals surface area contributed by atoms with Crippen molar-refractivity contribution in [3.63, 3.8) is 0 Å². The van der Waals surface area contributed by atoms with Gasteiger partial charge in [-0.25, -0.2) is 4.98 Å². The molecule has 0 bridgehead atoms. The molecule has 0 saturated heterocycles. The Morgan fingerprint density at radius 3 is 3.00 bits per heavy atom. The van der Waals surface area contributed by atoms with Crippen molar-refractivity contribution in [1.29, 1.82) is 0 Å². The third-order valence-electron chi connectivity index (χ3n) is 4.12. The number of oxazole rings is 1. The summed E-state index contributed by atoms with van der Waals surface area (Å²) in [4.78, 5) is 20.0. The minimum Gasteiger partial charge on any atom is -0.440 e. The van der Waals surface area contributed by atoms with Crippen molar-refractivity contribution in [2.75, 3.05) is 6.54 Å². The molecule has 2 aromatic carbocycles. The van der Waals surface area contributed by atoms with Gasteiger partial charge in [0.15, 0.2) is 11.5 Å². The van der Waals surface area contributed by atoms with Gasteiger partial charge in [0.1, 0.15) is 5.52 Å². The van der Waals surface area contributed by atoms with Gasteiger partial charge in [-0.05, 0) is 30.2 Å². The number of amides is 1. The maximum absolute atomic E-state index is 12.5. The Morgan fingerprint density at radius 1 is 1.21 bits per heavy atom. The van der Waals surface area contributed by atoms with E-state index in [4.69, 9.17) is 4.42 Å². The molecule has 2 aromatic heterocycles. The van der Waals surface area contributed by atoms with Crippen LogP contribution in [0.25, 0.3) is 22.0 Å². The van der Waals surface area contributed by atoms with Crippen LogP contribution in [0.3, 0.4) is 0 Å². The van der Waals surface area contributed by atoms with E-state index >= 15 is 0 Å². The van der Waals surface area contributed by atoms with E-state index < -0.39 is 0 Å².